The molecule has 0 saturated heterocycles. The summed E-state index contributed by atoms with van der Waals surface area (Å²) in [5.74, 6) is -0.00364. The van der Waals surface area contributed by atoms with Gasteiger partial charge in [-0.3, -0.25) is 0 Å². The summed E-state index contributed by atoms with van der Waals surface area (Å²) < 4.78 is 10.0. The number of esters is 1. The number of ether oxygens (including phenoxy) is 2. The number of hydrogen-bond donors (Lipinski definition) is 0. The maximum atomic E-state index is 11.3. The summed E-state index contributed by atoms with van der Waals surface area (Å²) in [5, 5.41) is 2.11. The minimum absolute atomic E-state index is 0.0227. The van der Waals surface area contributed by atoms with Crippen LogP contribution in [0.3, 0.4) is 0 Å². The summed E-state index contributed by atoms with van der Waals surface area (Å²) >= 11 is 7.09. The molecule has 0 aliphatic heterocycles. The molecule has 3 nitrogen and oxygen atoms in total. The quantitative estimate of drug-likeness (QED) is 0.755. The van der Waals surface area contributed by atoms with E-state index >= 15 is 0 Å². The molecule has 0 aromatic carbocycles. The third-order valence-corrected chi connectivity index (χ3v) is 2.78. The van der Waals surface area contributed by atoms with Crippen molar-refractivity contribution >= 4 is 28.9 Å². The van der Waals surface area contributed by atoms with Crippen LogP contribution in [0.25, 0.3) is 0 Å². The fourth-order valence-corrected chi connectivity index (χ4v) is 2.01. The van der Waals surface area contributed by atoms with Crippen LogP contribution in [0.4, 0.5) is 0 Å². The van der Waals surface area contributed by atoms with Gasteiger partial charge in [-0.25, -0.2) is 4.79 Å². The minimum atomic E-state index is -0.419. The molecular formula is C9H11ClO3S. The summed E-state index contributed by atoms with van der Waals surface area (Å²) in [4.78, 5) is 11.7. The van der Waals surface area contributed by atoms with Crippen molar-refractivity contribution in [3.8, 4) is 5.75 Å². The molecule has 0 amide bonds. The lowest BCUT2D eigenvalue weighted by Crippen LogP contribution is -2.09. The molecule has 0 fully saturated rings. The van der Waals surface area contributed by atoms with Crippen LogP contribution < -0.4 is 4.74 Å². The van der Waals surface area contributed by atoms with E-state index in [1.807, 2.05) is 13.8 Å². The first-order chi connectivity index (χ1) is 6.56. The Morgan fingerprint density at radius 1 is 1.57 bits per heavy atom. The summed E-state index contributed by atoms with van der Waals surface area (Å²) in [6.45, 7) is 3.74. The molecule has 0 atom stereocenters. The summed E-state index contributed by atoms with van der Waals surface area (Å²) in [7, 11) is 1.33. The van der Waals surface area contributed by atoms with Crippen LogP contribution in [0, 0.1) is 0 Å². The van der Waals surface area contributed by atoms with E-state index in [4.69, 9.17) is 16.3 Å². The summed E-state index contributed by atoms with van der Waals surface area (Å²) in [6, 6.07) is 0. The molecule has 1 aromatic rings. The second kappa shape index (κ2) is 4.66. The minimum Gasteiger partial charge on any atom is -0.488 e. The molecule has 0 bridgehead atoms. The third kappa shape index (κ3) is 2.39. The number of carbonyl (C=O) groups is 1. The van der Waals surface area contributed by atoms with Crippen molar-refractivity contribution in [1.82, 2.24) is 0 Å². The average Bonchev–Trinajstić information content (AvgIpc) is 2.46. The third-order valence-electron chi connectivity index (χ3n) is 1.43. The Morgan fingerprint density at radius 2 is 2.21 bits per heavy atom. The van der Waals surface area contributed by atoms with Gasteiger partial charge in [0.25, 0.3) is 0 Å². The molecule has 5 heteroatoms. The number of rotatable bonds is 3. The second-order valence-corrected chi connectivity index (χ2v) is 4.19. The molecule has 0 unspecified atom stereocenters. The average molecular weight is 235 g/mol. The molecule has 0 spiro atoms. The van der Waals surface area contributed by atoms with Crippen LogP contribution in [-0.4, -0.2) is 19.2 Å². The lowest BCUT2D eigenvalue weighted by molar-refractivity contribution is 0.0600. The van der Waals surface area contributed by atoms with Crippen molar-refractivity contribution in [1.29, 1.82) is 0 Å². The van der Waals surface area contributed by atoms with Crippen LogP contribution in [0.1, 0.15) is 23.5 Å². The lowest BCUT2D eigenvalue weighted by Gasteiger charge is -2.09. The second-order valence-electron chi connectivity index (χ2n) is 2.90. The van der Waals surface area contributed by atoms with Crippen molar-refractivity contribution in [2.75, 3.05) is 7.11 Å². The molecule has 0 saturated carbocycles. The number of methoxy groups -OCH3 is 1. The molecule has 1 aromatic heterocycles. The fraction of sp³-hybridized carbons (Fsp3) is 0.444. The van der Waals surface area contributed by atoms with Crippen LogP contribution in [0.5, 0.6) is 5.75 Å². The summed E-state index contributed by atoms with van der Waals surface area (Å²) in [5.41, 5.74) is 0. The van der Waals surface area contributed by atoms with E-state index in [2.05, 4.69) is 4.74 Å². The van der Waals surface area contributed by atoms with E-state index in [0.717, 1.165) is 0 Å². The number of carbonyl (C=O) groups excluding carboxylic acids is 1. The SMILES string of the molecule is COC(=O)c1scc(Cl)c1OC(C)C. The number of thiophene rings is 1. The molecule has 0 radical (unpaired) electrons. The highest BCUT2D eigenvalue weighted by molar-refractivity contribution is 7.13. The van der Waals surface area contributed by atoms with E-state index in [-0.39, 0.29) is 6.10 Å². The van der Waals surface area contributed by atoms with E-state index < -0.39 is 5.97 Å². The Kier molecular flexibility index (Phi) is 3.77. The fourth-order valence-electron chi connectivity index (χ4n) is 0.905. The molecule has 1 rings (SSSR count). The molecule has 78 valence electrons. The molecule has 0 aliphatic rings. The zero-order chi connectivity index (χ0) is 10.7. The van der Waals surface area contributed by atoms with Crippen molar-refractivity contribution in [3.05, 3.63) is 15.3 Å². The van der Waals surface area contributed by atoms with Gasteiger partial charge in [-0.2, -0.15) is 0 Å². The van der Waals surface area contributed by atoms with Gasteiger partial charge in [0, 0.05) is 5.38 Å². The van der Waals surface area contributed by atoms with Gasteiger partial charge in [-0.1, -0.05) is 11.6 Å². The van der Waals surface area contributed by atoms with E-state index in [1.54, 1.807) is 5.38 Å². The van der Waals surface area contributed by atoms with Gasteiger partial charge in [0.2, 0.25) is 0 Å². The largest absolute Gasteiger partial charge is 0.488 e. The molecular weight excluding hydrogens is 224 g/mol. The Bertz CT molecular complexity index is 333. The van der Waals surface area contributed by atoms with Crippen LogP contribution in [0.2, 0.25) is 5.02 Å². The highest BCUT2D eigenvalue weighted by atomic mass is 35.5. The predicted octanol–water partition coefficient (Wildman–Crippen LogP) is 2.98. The highest BCUT2D eigenvalue weighted by Gasteiger charge is 2.19. The Morgan fingerprint density at radius 3 is 2.71 bits per heavy atom. The normalized spacial score (nSPS) is 10.4. The van der Waals surface area contributed by atoms with E-state index in [0.29, 0.717) is 15.6 Å². The zero-order valence-corrected chi connectivity index (χ0v) is 9.74. The van der Waals surface area contributed by atoms with Crippen LogP contribution in [-0.2, 0) is 4.74 Å². The Balaban J connectivity index is 2.99. The van der Waals surface area contributed by atoms with Crippen molar-refractivity contribution in [2.45, 2.75) is 20.0 Å². The maximum absolute atomic E-state index is 11.3. The highest BCUT2D eigenvalue weighted by Crippen LogP contribution is 2.35. The topological polar surface area (TPSA) is 35.5 Å². The van der Waals surface area contributed by atoms with E-state index in [1.165, 1.54) is 18.4 Å². The molecule has 14 heavy (non-hydrogen) atoms. The number of hydrogen-bond acceptors (Lipinski definition) is 4. The van der Waals surface area contributed by atoms with Crippen molar-refractivity contribution < 1.29 is 14.3 Å². The predicted molar refractivity (Wildman–Crippen MR) is 56.4 cm³/mol. The van der Waals surface area contributed by atoms with Gasteiger partial charge in [0.1, 0.15) is 0 Å². The van der Waals surface area contributed by atoms with Gasteiger partial charge in [0.15, 0.2) is 10.6 Å². The monoisotopic (exact) mass is 234 g/mol. The first-order valence-electron chi connectivity index (χ1n) is 4.08. The van der Waals surface area contributed by atoms with Gasteiger partial charge in [-0.15, -0.1) is 11.3 Å². The van der Waals surface area contributed by atoms with Crippen molar-refractivity contribution in [3.63, 3.8) is 0 Å². The zero-order valence-electron chi connectivity index (χ0n) is 8.17. The van der Waals surface area contributed by atoms with Crippen molar-refractivity contribution in [2.24, 2.45) is 0 Å². The molecule has 0 aliphatic carbocycles. The first kappa shape index (κ1) is 11.3. The Hall–Kier alpha value is -0.740. The van der Waals surface area contributed by atoms with E-state index in [9.17, 15) is 4.79 Å². The lowest BCUT2D eigenvalue weighted by atomic mass is 10.4. The maximum Gasteiger partial charge on any atom is 0.351 e. The summed E-state index contributed by atoms with van der Waals surface area (Å²) in [6.07, 6.45) is -0.0227. The molecule has 1 heterocycles. The van der Waals surface area contributed by atoms with Gasteiger partial charge >= 0.3 is 5.97 Å². The first-order valence-corrected chi connectivity index (χ1v) is 5.34. The van der Waals surface area contributed by atoms with Crippen LogP contribution in [0.15, 0.2) is 5.38 Å². The molecule has 0 N–H and O–H groups in total. The van der Waals surface area contributed by atoms with Gasteiger partial charge in [-0.05, 0) is 13.8 Å². The standard InChI is InChI=1S/C9H11ClO3S/c1-5(2)13-7-6(10)4-14-8(7)9(11)12-3/h4-5H,1-3H3. The number of halogens is 1. The van der Waals surface area contributed by atoms with Gasteiger partial charge in [0.05, 0.1) is 18.2 Å². The van der Waals surface area contributed by atoms with Crippen LogP contribution >= 0.6 is 22.9 Å². The Labute approximate surface area is 91.6 Å². The smallest absolute Gasteiger partial charge is 0.351 e. The van der Waals surface area contributed by atoms with Gasteiger partial charge < -0.3 is 9.47 Å².